The summed E-state index contributed by atoms with van der Waals surface area (Å²) >= 11 is 0. The third-order valence-corrected chi connectivity index (χ3v) is 4.32. The van der Waals surface area contributed by atoms with E-state index in [-0.39, 0.29) is 17.9 Å². The molecule has 7 nitrogen and oxygen atoms in total. The Labute approximate surface area is 161 Å². The van der Waals surface area contributed by atoms with Crippen LogP contribution < -0.4 is 4.74 Å². The first kappa shape index (κ1) is 21.0. The van der Waals surface area contributed by atoms with Crippen LogP contribution in [0.1, 0.15) is 50.9 Å². The van der Waals surface area contributed by atoms with Gasteiger partial charge in [-0.2, -0.15) is 0 Å². The third kappa shape index (κ3) is 6.41. The summed E-state index contributed by atoms with van der Waals surface area (Å²) in [5.41, 5.74) is 0.0419. The van der Waals surface area contributed by atoms with E-state index in [1.54, 1.807) is 30.3 Å². The summed E-state index contributed by atoms with van der Waals surface area (Å²) in [6, 6.07) is 3.46. The molecular weight excluding hydrogens is 346 g/mol. The SMILES string of the molecule is CCOc1ccc(C(=O)N2CCC[C@@H](CN(C)C(=O)OC(C)(C)C)C2)cn1. The maximum atomic E-state index is 12.8. The zero-order chi connectivity index (χ0) is 20.0. The Morgan fingerprint density at radius 3 is 2.67 bits per heavy atom. The maximum absolute atomic E-state index is 12.8. The first-order valence-corrected chi connectivity index (χ1v) is 9.52. The molecule has 0 unspecified atom stereocenters. The van der Waals surface area contributed by atoms with Gasteiger partial charge in [0, 0.05) is 38.9 Å². The van der Waals surface area contributed by atoms with E-state index in [4.69, 9.17) is 9.47 Å². The van der Waals surface area contributed by atoms with Crippen LogP contribution in [0.25, 0.3) is 0 Å². The first-order chi connectivity index (χ1) is 12.7. The van der Waals surface area contributed by atoms with Crippen LogP contribution in [-0.2, 0) is 4.74 Å². The van der Waals surface area contributed by atoms with Gasteiger partial charge in [0.2, 0.25) is 5.88 Å². The maximum Gasteiger partial charge on any atom is 0.410 e. The predicted molar refractivity (Wildman–Crippen MR) is 103 cm³/mol. The van der Waals surface area contributed by atoms with Gasteiger partial charge >= 0.3 is 6.09 Å². The largest absolute Gasteiger partial charge is 0.478 e. The van der Waals surface area contributed by atoms with Crippen molar-refractivity contribution in [3.05, 3.63) is 23.9 Å². The molecule has 2 amide bonds. The Hall–Kier alpha value is -2.31. The lowest BCUT2D eigenvalue weighted by Gasteiger charge is -2.35. The number of likely N-dealkylation sites (tertiary alicyclic amines) is 1. The summed E-state index contributed by atoms with van der Waals surface area (Å²) < 4.78 is 10.7. The molecular formula is C20H31N3O4. The second-order valence-electron chi connectivity index (χ2n) is 7.94. The topological polar surface area (TPSA) is 72.0 Å². The van der Waals surface area contributed by atoms with Gasteiger partial charge < -0.3 is 19.3 Å². The molecule has 0 aliphatic carbocycles. The molecule has 1 aromatic heterocycles. The minimum absolute atomic E-state index is 0.0323. The van der Waals surface area contributed by atoms with Crippen molar-refractivity contribution >= 4 is 12.0 Å². The van der Waals surface area contributed by atoms with Crippen LogP contribution in [0.4, 0.5) is 4.79 Å². The fourth-order valence-corrected chi connectivity index (χ4v) is 3.12. The number of carbonyl (C=O) groups is 2. The minimum Gasteiger partial charge on any atom is -0.478 e. The summed E-state index contributed by atoms with van der Waals surface area (Å²) in [4.78, 5) is 32.5. The van der Waals surface area contributed by atoms with E-state index in [1.165, 1.54) is 0 Å². The second-order valence-corrected chi connectivity index (χ2v) is 7.94. The number of hydrogen-bond acceptors (Lipinski definition) is 5. The van der Waals surface area contributed by atoms with Crippen molar-refractivity contribution in [3.63, 3.8) is 0 Å². The normalized spacial score (nSPS) is 17.4. The van der Waals surface area contributed by atoms with Gasteiger partial charge in [-0.15, -0.1) is 0 Å². The molecule has 1 atom stereocenters. The molecule has 0 radical (unpaired) electrons. The van der Waals surface area contributed by atoms with Gasteiger partial charge in [0.15, 0.2) is 0 Å². The number of ether oxygens (including phenoxy) is 2. The van der Waals surface area contributed by atoms with Crippen molar-refractivity contribution in [2.75, 3.05) is 33.3 Å². The highest BCUT2D eigenvalue weighted by Crippen LogP contribution is 2.21. The molecule has 1 saturated heterocycles. The monoisotopic (exact) mass is 377 g/mol. The number of hydrogen-bond donors (Lipinski definition) is 0. The van der Waals surface area contributed by atoms with Crippen molar-refractivity contribution in [1.29, 1.82) is 0 Å². The van der Waals surface area contributed by atoms with Crippen LogP contribution >= 0.6 is 0 Å². The molecule has 0 aromatic carbocycles. The zero-order valence-electron chi connectivity index (χ0n) is 17.0. The number of aromatic nitrogens is 1. The van der Waals surface area contributed by atoms with E-state index >= 15 is 0 Å². The summed E-state index contributed by atoms with van der Waals surface area (Å²) in [6.45, 7) is 9.90. The third-order valence-electron chi connectivity index (χ3n) is 4.32. The van der Waals surface area contributed by atoms with Crippen molar-refractivity contribution in [1.82, 2.24) is 14.8 Å². The molecule has 150 valence electrons. The van der Waals surface area contributed by atoms with Gasteiger partial charge in [0.25, 0.3) is 5.91 Å². The summed E-state index contributed by atoms with van der Waals surface area (Å²) in [7, 11) is 1.74. The predicted octanol–water partition coefficient (Wildman–Crippen LogP) is 3.20. The summed E-state index contributed by atoms with van der Waals surface area (Å²) in [5.74, 6) is 0.718. The average Bonchev–Trinajstić information content (AvgIpc) is 2.61. The number of rotatable bonds is 5. The molecule has 1 aliphatic rings. The molecule has 1 aliphatic heterocycles. The highest BCUT2D eigenvalue weighted by molar-refractivity contribution is 5.94. The van der Waals surface area contributed by atoms with Gasteiger partial charge in [0.05, 0.1) is 12.2 Å². The highest BCUT2D eigenvalue weighted by Gasteiger charge is 2.28. The van der Waals surface area contributed by atoms with Crippen LogP contribution in [0.5, 0.6) is 5.88 Å². The van der Waals surface area contributed by atoms with Crippen LogP contribution in [0.2, 0.25) is 0 Å². The zero-order valence-corrected chi connectivity index (χ0v) is 17.0. The Morgan fingerprint density at radius 1 is 1.33 bits per heavy atom. The molecule has 1 fully saturated rings. The van der Waals surface area contributed by atoms with Crippen LogP contribution in [0.15, 0.2) is 18.3 Å². The molecule has 2 heterocycles. The minimum atomic E-state index is -0.513. The Balaban J connectivity index is 1.92. The van der Waals surface area contributed by atoms with E-state index in [2.05, 4.69) is 4.98 Å². The highest BCUT2D eigenvalue weighted by atomic mass is 16.6. The molecule has 2 rings (SSSR count). The van der Waals surface area contributed by atoms with Gasteiger partial charge in [-0.3, -0.25) is 4.79 Å². The molecule has 27 heavy (non-hydrogen) atoms. The van der Waals surface area contributed by atoms with E-state index in [0.29, 0.717) is 31.1 Å². The van der Waals surface area contributed by atoms with Gasteiger partial charge in [-0.1, -0.05) is 0 Å². The number of nitrogens with zero attached hydrogens (tertiary/aromatic N) is 3. The fraction of sp³-hybridized carbons (Fsp3) is 0.650. The average molecular weight is 377 g/mol. The van der Waals surface area contributed by atoms with Crippen LogP contribution in [-0.4, -0.2) is 65.7 Å². The van der Waals surface area contributed by atoms with Crippen LogP contribution in [0.3, 0.4) is 0 Å². The van der Waals surface area contributed by atoms with Gasteiger partial charge in [-0.05, 0) is 52.5 Å². The molecule has 0 spiro atoms. The smallest absolute Gasteiger partial charge is 0.410 e. The standard InChI is InChI=1S/C20H31N3O4/c1-6-26-17-10-9-16(12-21-17)18(24)23-11-7-8-15(14-23)13-22(5)19(25)27-20(2,3)4/h9-10,12,15H,6-8,11,13-14H2,1-5H3/t15-/m0/s1. The number of carbonyl (C=O) groups excluding carboxylic acids is 2. The van der Waals surface area contributed by atoms with Crippen molar-refractivity contribution in [2.45, 2.75) is 46.1 Å². The lowest BCUT2D eigenvalue weighted by molar-refractivity contribution is 0.0244. The molecule has 0 bridgehead atoms. The van der Waals surface area contributed by atoms with Crippen molar-refractivity contribution in [2.24, 2.45) is 5.92 Å². The molecule has 0 N–H and O–H groups in total. The van der Waals surface area contributed by atoms with Crippen LogP contribution in [0, 0.1) is 5.92 Å². The Bertz CT molecular complexity index is 640. The second kappa shape index (κ2) is 9.06. The van der Waals surface area contributed by atoms with E-state index in [1.807, 2.05) is 32.6 Å². The fourth-order valence-electron chi connectivity index (χ4n) is 3.12. The number of pyridine rings is 1. The summed E-state index contributed by atoms with van der Waals surface area (Å²) in [5, 5.41) is 0. The Morgan fingerprint density at radius 2 is 2.07 bits per heavy atom. The molecule has 7 heteroatoms. The lowest BCUT2D eigenvalue weighted by Crippen LogP contribution is -2.45. The first-order valence-electron chi connectivity index (χ1n) is 9.52. The van der Waals surface area contributed by atoms with Crippen molar-refractivity contribution in [3.8, 4) is 5.88 Å². The van der Waals surface area contributed by atoms with Crippen molar-refractivity contribution < 1.29 is 19.1 Å². The number of amides is 2. The summed E-state index contributed by atoms with van der Waals surface area (Å²) in [6.07, 6.45) is 3.13. The number of piperidine rings is 1. The van der Waals surface area contributed by atoms with E-state index < -0.39 is 5.60 Å². The van der Waals surface area contributed by atoms with Gasteiger partial charge in [-0.25, -0.2) is 9.78 Å². The molecule has 0 saturated carbocycles. The van der Waals surface area contributed by atoms with Gasteiger partial charge in [0.1, 0.15) is 5.60 Å². The quantitative estimate of drug-likeness (QED) is 0.788. The lowest BCUT2D eigenvalue weighted by atomic mass is 9.97. The molecule has 1 aromatic rings. The van der Waals surface area contributed by atoms with E-state index in [9.17, 15) is 9.59 Å². The van der Waals surface area contributed by atoms with E-state index in [0.717, 1.165) is 19.4 Å². The Kier molecular flexibility index (Phi) is 7.05.